The Hall–Kier alpha value is -3.24. The Bertz CT molecular complexity index is 1370. The molecule has 5 aromatic rings. The van der Waals surface area contributed by atoms with E-state index in [4.69, 9.17) is 9.40 Å². The van der Waals surface area contributed by atoms with Gasteiger partial charge in [0.15, 0.2) is 11.0 Å². The van der Waals surface area contributed by atoms with Crippen molar-refractivity contribution in [3.63, 3.8) is 0 Å². The number of pyridine rings is 1. The molecule has 0 amide bonds. The molecule has 10 heteroatoms. The zero-order valence-electron chi connectivity index (χ0n) is 16.1. The number of aromatic amines is 1. The van der Waals surface area contributed by atoms with Crippen molar-refractivity contribution in [2.24, 2.45) is 7.05 Å². The second-order valence-electron chi connectivity index (χ2n) is 6.62. The Labute approximate surface area is 179 Å². The molecule has 0 spiro atoms. The second kappa shape index (κ2) is 7.54. The smallest absolute Gasteiger partial charge is 0.260 e. The van der Waals surface area contributed by atoms with Crippen LogP contribution in [0.5, 0.6) is 0 Å². The normalized spacial score (nSPS) is 12.5. The lowest BCUT2D eigenvalue weighted by Gasteiger charge is -2.10. The molecule has 0 saturated heterocycles. The van der Waals surface area contributed by atoms with Gasteiger partial charge in [-0.1, -0.05) is 11.8 Å². The van der Waals surface area contributed by atoms with Crippen LogP contribution in [0.15, 0.2) is 62.7 Å². The number of fused-ring (bicyclic) bond motifs is 1. The predicted molar refractivity (Wildman–Crippen MR) is 116 cm³/mol. The van der Waals surface area contributed by atoms with E-state index in [0.717, 1.165) is 22.1 Å². The monoisotopic (exact) mass is 436 g/mol. The summed E-state index contributed by atoms with van der Waals surface area (Å²) in [6, 6.07) is 7.44. The molecule has 0 radical (unpaired) electrons. The van der Waals surface area contributed by atoms with Crippen molar-refractivity contribution in [2.75, 3.05) is 0 Å². The highest BCUT2D eigenvalue weighted by atomic mass is 32.2. The van der Waals surface area contributed by atoms with Crippen LogP contribution in [0.1, 0.15) is 18.0 Å². The number of aromatic nitrogens is 6. The molecule has 0 unspecified atom stereocenters. The Balaban J connectivity index is 1.45. The zero-order valence-corrected chi connectivity index (χ0v) is 17.7. The van der Waals surface area contributed by atoms with E-state index in [1.54, 1.807) is 24.7 Å². The molecule has 0 saturated carbocycles. The average molecular weight is 437 g/mol. The highest BCUT2D eigenvalue weighted by Crippen LogP contribution is 2.35. The van der Waals surface area contributed by atoms with Crippen molar-refractivity contribution in [3.8, 4) is 22.7 Å². The lowest BCUT2D eigenvalue weighted by atomic mass is 10.2. The SMILES string of the molecule is C[C@@H](Sc1nnc(-c2cccnc2)n1C)c1nc2scc(-c3ccco3)c2c(=O)[nH]1. The van der Waals surface area contributed by atoms with Crippen LogP contribution in [-0.2, 0) is 7.05 Å². The maximum Gasteiger partial charge on any atom is 0.260 e. The summed E-state index contributed by atoms with van der Waals surface area (Å²) in [6.07, 6.45) is 5.06. The van der Waals surface area contributed by atoms with Gasteiger partial charge in [-0.2, -0.15) is 0 Å². The molecule has 0 bridgehead atoms. The first-order valence-corrected chi connectivity index (χ1v) is 10.9. The molecule has 0 aliphatic heterocycles. The summed E-state index contributed by atoms with van der Waals surface area (Å²) in [4.78, 5) is 25.2. The van der Waals surface area contributed by atoms with Gasteiger partial charge >= 0.3 is 0 Å². The first-order chi connectivity index (χ1) is 14.6. The Morgan fingerprint density at radius 2 is 2.17 bits per heavy atom. The Morgan fingerprint density at radius 1 is 1.27 bits per heavy atom. The van der Waals surface area contributed by atoms with E-state index in [2.05, 4.69) is 20.2 Å². The van der Waals surface area contributed by atoms with Crippen molar-refractivity contribution in [1.29, 1.82) is 0 Å². The molecule has 8 nitrogen and oxygen atoms in total. The fourth-order valence-corrected chi connectivity index (χ4v) is 4.96. The van der Waals surface area contributed by atoms with Crippen molar-refractivity contribution in [1.82, 2.24) is 29.7 Å². The van der Waals surface area contributed by atoms with Crippen molar-refractivity contribution in [3.05, 3.63) is 64.5 Å². The fourth-order valence-electron chi connectivity index (χ4n) is 3.15. The topological polar surface area (TPSA) is 102 Å². The molecule has 0 aliphatic rings. The lowest BCUT2D eigenvalue weighted by Crippen LogP contribution is -2.12. The van der Waals surface area contributed by atoms with Crippen LogP contribution in [0.3, 0.4) is 0 Å². The van der Waals surface area contributed by atoms with Crippen molar-refractivity contribution >= 4 is 33.3 Å². The highest BCUT2D eigenvalue weighted by Gasteiger charge is 2.20. The number of H-pyrrole nitrogens is 1. The van der Waals surface area contributed by atoms with Crippen LogP contribution in [0.25, 0.3) is 32.9 Å². The van der Waals surface area contributed by atoms with E-state index in [1.165, 1.54) is 23.1 Å². The van der Waals surface area contributed by atoms with E-state index in [0.29, 0.717) is 21.8 Å². The first kappa shape index (κ1) is 18.8. The average Bonchev–Trinajstić information content (AvgIpc) is 3.49. The van der Waals surface area contributed by atoms with Crippen LogP contribution in [0, 0.1) is 0 Å². The minimum absolute atomic E-state index is 0.124. The summed E-state index contributed by atoms with van der Waals surface area (Å²) in [5.74, 6) is 1.98. The maximum atomic E-state index is 12.8. The Kier molecular flexibility index (Phi) is 4.72. The minimum Gasteiger partial charge on any atom is -0.464 e. The molecular weight excluding hydrogens is 420 g/mol. The molecule has 30 heavy (non-hydrogen) atoms. The fraction of sp³-hybridized carbons (Fsp3) is 0.150. The third-order valence-corrected chi connectivity index (χ3v) is 6.69. The number of rotatable bonds is 5. The first-order valence-electron chi connectivity index (χ1n) is 9.13. The summed E-state index contributed by atoms with van der Waals surface area (Å²) in [5, 5.41) is 11.6. The molecule has 5 rings (SSSR count). The summed E-state index contributed by atoms with van der Waals surface area (Å²) in [6.45, 7) is 1.98. The number of furan rings is 1. The maximum absolute atomic E-state index is 12.8. The van der Waals surface area contributed by atoms with E-state index in [1.807, 2.05) is 42.1 Å². The van der Waals surface area contributed by atoms with Gasteiger partial charge in [-0.3, -0.25) is 9.78 Å². The number of hydrogen-bond acceptors (Lipinski definition) is 8. The molecule has 150 valence electrons. The molecule has 1 N–H and O–H groups in total. The van der Waals surface area contributed by atoms with Gasteiger partial charge in [0.05, 0.1) is 16.9 Å². The molecule has 0 aromatic carbocycles. The van der Waals surface area contributed by atoms with Gasteiger partial charge in [0, 0.05) is 35.9 Å². The number of hydrogen-bond donors (Lipinski definition) is 1. The Morgan fingerprint density at radius 3 is 2.93 bits per heavy atom. The van der Waals surface area contributed by atoms with Crippen LogP contribution in [0.2, 0.25) is 0 Å². The van der Waals surface area contributed by atoms with Crippen LogP contribution in [0.4, 0.5) is 0 Å². The second-order valence-corrected chi connectivity index (χ2v) is 8.79. The summed E-state index contributed by atoms with van der Waals surface area (Å²) in [5.41, 5.74) is 1.48. The molecular formula is C20H16N6O2S2. The van der Waals surface area contributed by atoms with Gasteiger partial charge in [0.25, 0.3) is 5.56 Å². The third-order valence-electron chi connectivity index (χ3n) is 4.67. The summed E-state index contributed by atoms with van der Waals surface area (Å²) in [7, 11) is 1.91. The summed E-state index contributed by atoms with van der Waals surface area (Å²) >= 11 is 2.91. The van der Waals surface area contributed by atoms with E-state index >= 15 is 0 Å². The van der Waals surface area contributed by atoms with Crippen LogP contribution in [-0.4, -0.2) is 29.7 Å². The molecule has 5 heterocycles. The molecule has 5 aromatic heterocycles. The number of thioether (sulfide) groups is 1. The van der Waals surface area contributed by atoms with Crippen molar-refractivity contribution in [2.45, 2.75) is 17.3 Å². The van der Waals surface area contributed by atoms with Gasteiger partial charge in [0.1, 0.15) is 16.4 Å². The quantitative estimate of drug-likeness (QED) is 0.410. The van der Waals surface area contributed by atoms with Crippen LogP contribution < -0.4 is 5.56 Å². The molecule has 0 fully saturated rings. The van der Waals surface area contributed by atoms with E-state index in [9.17, 15) is 4.79 Å². The van der Waals surface area contributed by atoms with Crippen LogP contribution >= 0.6 is 23.1 Å². The largest absolute Gasteiger partial charge is 0.464 e. The van der Waals surface area contributed by atoms with E-state index in [-0.39, 0.29) is 10.8 Å². The van der Waals surface area contributed by atoms with Gasteiger partial charge in [-0.25, -0.2) is 4.98 Å². The summed E-state index contributed by atoms with van der Waals surface area (Å²) < 4.78 is 7.36. The predicted octanol–water partition coefficient (Wildman–Crippen LogP) is 4.29. The molecule has 1 atom stereocenters. The standard InChI is InChI=1S/C20H16N6O2S2/c1-11(30-20-25-24-17(26(20)2)12-5-3-7-21-9-12)16-22-18(27)15-13(10-29-19(15)23-16)14-6-4-8-28-14/h3-11H,1-2H3,(H,22,23,27)/t11-/m1/s1. The third kappa shape index (κ3) is 3.23. The van der Waals surface area contributed by atoms with E-state index < -0.39 is 0 Å². The molecule has 0 aliphatic carbocycles. The van der Waals surface area contributed by atoms with Gasteiger partial charge in [0.2, 0.25) is 0 Å². The number of thiophene rings is 1. The van der Waals surface area contributed by atoms with Gasteiger partial charge < -0.3 is 14.0 Å². The number of nitrogens with zero attached hydrogens (tertiary/aromatic N) is 5. The van der Waals surface area contributed by atoms with Crippen molar-refractivity contribution < 1.29 is 4.42 Å². The highest BCUT2D eigenvalue weighted by molar-refractivity contribution is 7.99. The van der Waals surface area contributed by atoms with Gasteiger partial charge in [-0.15, -0.1) is 21.5 Å². The number of nitrogens with one attached hydrogen (secondary N) is 1. The minimum atomic E-state index is -0.177. The lowest BCUT2D eigenvalue weighted by molar-refractivity contribution is 0.583. The van der Waals surface area contributed by atoms with Gasteiger partial charge in [-0.05, 0) is 31.2 Å². The zero-order chi connectivity index (χ0) is 20.7.